The molecule has 1 aliphatic rings. The quantitative estimate of drug-likeness (QED) is 0.922. The fourth-order valence-corrected chi connectivity index (χ4v) is 3.64. The molecule has 5 heteroatoms. The molecule has 1 aromatic heterocycles. The lowest BCUT2D eigenvalue weighted by Gasteiger charge is -2.24. The highest BCUT2D eigenvalue weighted by Crippen LogP contribution is 2.33. The van der Waals surface area contributed by atoms with Crippen LogP contribution in [0, 0.1) is 0 Å². The lowest BCUT2D eigenvalue weighted by Crippen LogP contribution is -2.37. The van der Waals surface area contributed by atoms with Gasteiger partial charge < -0.3 is 15.0 Å². The van der Waals surface area contributed by atoms with E-state index >= 15 is 0 Å². The molecule has 0 fully saturated rings. The largest absolute Gasteiger partial charge is 0.492 e. The average molecular weight is 316 g/mol. The molecular weight excluding hydrogens is 296 g/mol. The number of rotatable bonds is 5. The van der Waals surface area contributed by atoms with Gasteiger partial charge >= 0.3 is 0 Å². The van der Waals surface area contributed by atoms with E-state index in [2.05, 4.69) is 21.7 Å². The number of nitrogens with zero attached hydrogens (tertiary/aromatic N) is 1. The summed E-state index contributed by atoms with van der Waals surface area (Å²) in [5.41, 5.74) is 0.984. The van der Waals surface area contributed by atoms with Crippen LogP contribution in [0.2, 0.25) is 0 Å². The van der Waals surface area contributed by atoms with Crippen LogP contribution in [-0.2, 0) is 4.79 Å². The normalized spacial score (nSPS) is 17.9. The summed E-state index contributed by atoms with van der Waals surface area (Å²) in [6, 6.07) is 12.1. The van der Waals surface area contributed by atoms with Crippen LogP contribution < -0.4 is 10.1 Å². The number of amides is 1. The minimum absolute atomic E-state index is 0.0355. The number of carbonyl (C=O) groups is 1. The maximum absolute atomic E-state index is 12.5. The third-order valence-corrected chi connectivity index (χ3v) is 4.95. The van der Waals surface area contributed by atoms with Crippen molar-refractivity contribution in [3.63, 3.8) is 0 Å². The van der Waals surface area contributed by atoms with Crippen molar-refractivity contribution in [3.05, 3.63) is 52.2 Å². The Morgan fingerprint density at radius 1 is 1.36 bits per heavy atom. The number of benzene rings is 1. The second-order valence-electron chi connectivity index (χ2n) is 5.64. The van der Waals surface area contributed by atoms with E-state index in [-0.39, 0.29) is 17.9 Å². The van der Waals surface area contributed by atoms with E-state index in [1.807, 2.05) is 44.4 Å². The molecule has 0 unspecified atom stereocenters. The molecule has 1 N–H and O–H groups in total. The smallest absolute Gasteiger partial charge is 0.231 e. The van der Waals surface area contributed by atoms with Gasteiger partial charge in [-0.05, 0) is 31.6 Å². The highest BCUT2D eigenvalue weighted by molar-refractivity contribution is 7.10. The summed E-state index contributed by atoms with van der Waals surface area (Å²) in [6.07, 6.45) is 0. The molecule has 22 heavy (non-hydrogen) atoms. The summed E-state index contributed by atoms with van der Waals surface area (Å²) in [5, 5.41) is 5.15. The van der Waals surface area contributed by atoms with Gasteiger partial charge in [-0.3, -0.25) is 4.79 Å². The van der Waals surface area contributed by atoms with Crippen molar-refractivity contribution in [3.8, 4) is 5.75 Å². The van der Waals surface area contributed by atoms with Gasteiger partial charge in [-0.15, -0.1) is 11.3 Å². The minimum atomic E-state index is -0.206. The topological polar surface area (TPSA) is 41.6 Å². The predicted molar refractivity (Wildman–Crippen MR) is 88.4 cm³/mol. The predicted octanol–water partition coefficient (Wildman–Crippen LogP) is 2.64. The highest BCUT2D eigenvalue weighted by Gasteiger charge is 2.30. The number of fused-ring (bicyclic) bond motifs is 1. The van der Waals surface area contributed by atoms with E-state index in [9.17, 15) is 4.79 Å². The van der Waals surface area contributed by atoms with Crippen LogP contribution >= 0.6 is 11.3 Å². The van der Waals surface area contributed by atoms with Gasteiger partial charge in [-0.25, -0.2) is 0 Å². The Morgan fingerprint density at radius 3 is 2.91 bits per heavy atom. The van der Waals surface area contributed by atoms with Gasteiger partial charge in [0.2, 0.25) is 5.91 Å². The van der Waals surface area contributed by atoms with Crippen molar-refractivity contribution in [2.75, 3.05) is 27.2 Å². The zero-order valence-corrected chi connectivity index (χ0v) is 13.6. The van der Waals surface area contributed by atoms with E-state index in [1.165, 1.54) is 4.88 Å². The first kappa shape index (κ1) is 15.1. The minimum Gasteiger partial charge on any atom is -0.492 e. The van der Waals surface area contributed by atoms with Crippen LogP contribution in [0.15, 0.2) is 41.8 Å². The maximum atomic E-state index is 12.5. The van der Waals surface area contributed by atoms with E-state index in [4.69, 9.17) is 4.74 Å². The van der Waals surface area contributed by atoms with Gasteiger partial charge in [0.05, 0.1) is 6.04 Å². The Kier molecular flexibility index (Phi) is 4.45. The van der Waals surface area contributed by atoms with Crippen LogP contribution in [0.4, 0.5) is 0 Å². The Balaban J connectivity index is 1.65. The van der Waals surface area contributed by atoms with Gasteiger partial charge in [-0.1, -0.05) is 24.3 Å². The number of carbonyl (C=O) groups excluding carboxylic acids is 1. The monoisotopic (exact) mass is 316 g/mol. The van der Waals surface area contributed by atoms with Crippen molar-refractivity contribution >= 4 is 17.2 Å². The number of hydrogen-bond acceptors (Lipinski definition) is 4. The SMILES string of the molecule is CN(C)[C@@H](CNC(=O)[C@@H]1COc2ccccc21)c1cccs1. The van der Waals surface area contributed by atoms with Crippen LogP contribution in [0.5, 0.6) is 5.75 Å². The first-order valence-corrected chi connectivity index (χ1v) is 8.24. The molecule has 0 aliphatic carbocycles. The lowest BCUT2D eigenvalue weighted by atomic mass is 10.0. The first-order valence-electron chi connectivity index (χ1n) is 7.36. The van der Waals surface area contributed by atoms with Gasteiger partial charge in [0.15, 0.2) is 0 Å². The first-order chi connectivity index (χ1) is 10.7. The highest BCUT2D eigenvalue weighted by atomic mass is 32.1. The van der Waals surface area contributed by atoms with Crippen LogP contribution in [0.25, 0.3) is 0 Å². The molecule has 0 saturated heterocycles. The second-order valence-corrected chi connectivity index (χ2v) is 6.62. The molecule has 2 heterocycles. The number of thiophene rings is 1. The van der Waals surface area contributed by atoms with E-state index in [0.29, 0.717) is 13.2 Å². The van der Waals surface area contributed by atoms with E-state index in [0.717, 1.165) is 11.3 Å². The Hall–Kier alpha value is -1.85. The molecule has 0 radical (unpaired) electrons. The molecule has 3 rings (SSSR count). The zero-order chi connectivity index (χ0) is 15.5. The third kappa shape index (κ3) is 3.00. The van der Waals surface area contributed by atoms with Gasteiger partial charge in [0.1, 0.15) is 18.3 Å². The van der Waals surface area contributed by atoms with Gasteiger partial charge in [-0.2, -0.15) is 0 Å². The zero-order valence-electron chi connectivity index (χ0n) is 12.8. The molecule has 0 bridgehead atoms. The Morgan fingerprint density at radius 2 is 2.18 bits per heavy atom. The molecular formula is C17H20N2O2S. The van der Waals surface area contributed by atoms with Crippen LogP contribution in [-0.4, -0.2) is 38.1 Å². The summed E-state index contributed by atoms with van der Waals surface area (Å²) in [5.74, 6) is 0.653. The van der Waals surface area contributed by atoms with Crippen LogP contribution in [0.1, 0.15) is 22.4 Å². The molecule has 2 atom stereocenters. The van der Waals surface area contributed by atoms with Crippen molar-refractivity contribution in [1.82, 2.24) is 10.2 Å². The number of nitrogens with one attached hydrogen (secondary N) is 1. The molecule has 0 spiro atoms. The summed E-state index contributed by atoms with van der Waals surface area (Å²) in [4.78, 5) is 15.9. The standard InChI is InChI=1S/C17H20N2O2S/c1-19(2)14(16-8-5-9-22-16)10-18-17(20)13-11-21-15-7-4-3-6-12(13)15/h3-9,13-14H,10-11H2,1-2H3,(H,18,20)/t13-,14+/m1/s1. The third-order valence-electron chi connectivity index (χ3n) is 3.98. The summed E-state index contributed by atoms with van der Waals surface area (Å²) < 4.78 is 5.59. The molecule has 2 aromatic rings. The van der Waals surface area contributed by atoms with E-state index in [1.54, 1.807) is 11.3 Å². The van der Waals surface area contributed by atoms with Crippen molar-refractivity contribution in [1.29, 1.82) is 0 Å². The summed E-state index contributed by atoms with van der Waals surface area (Å²) >= 11 is 1.71. The Bertz CT molecular complexity index is 640. The molecule has 116 valence electrons. The molecule has 1 amide bonds. The number of likely N-dealkylation sites (N-methyl/N-ethyl adjacent to an activating group) is 1. The van der Waals surface area contributed by atoms with Gasteiger partial charge in [0.25, 0.3) is 0 Å². The average Bonchev–Trinajstić information content (AvgIpc) is 3.16. The van der Waals surface area contributed by atoms with Crippen molar-refractivity contribution < 1.29 is 9.53 Å². The van der Waals surface area contributed by atoms with Crippen molar-refractivity contribution in [2.24, 2.45) is 0 Å². The second kappa shape index (κ2) is 6.50. The molecule has 4 nitrogen and oxygen atoms in total. The number of para-hydroxylation sites is 1. The Labute approximate surface area is 134 Å². The van der Waals surface area contributed by atoms with Crippen molar-refractivity contribution in [2.45, 2.75) is 12.0 Å². The van der Waals surface area contributed by atoms with Crippen LogP contribution in [0.3, 0.4) is 0 Å². The number of ether oxygens (including phenoxy) is 1. The number of hydrogen-bond donors (Lipinski definition) is 1. The van der Waals surface area contributed by atoms with E-state index < -0.39 is 0 Å². The summed E-state index contributed by atoms with van der Waals surface area (Å²) in [6.45, 7) is 1.03. The maximum Gasteiger partial charge on any atom is 0.231 e. The van der Waals surface area contributed by atoms with Gasteiger partial charge in [0, 0.05) is 17.0 Å². The fraction of sp³-hybridized carbons (Fsp3) is 0.353. The molecule has 0 saturated carbocycles. The molecule has 1 aromatic carbocycles. The lowest BCUT2D eigenvalue weighted by molar-refractivity contribution is -0.122. The fourth-order valence-electron chi connectivity index (χ4n) is 2.72. The summed E-state index contributed by atoms with van der Waals surface area (Å²) in [7, 11) is 4.06. The molecule has 1 aliphatic heterocycles.